The largest absolute Gasteiger partial charge is 0.481 e. The third-order valence-corrected chi connectivity index (χ3v) is 2.84. The summed E-state index contributed by atoms with van der Waals surface area (Å²) in [5, 5.41) is 28.4. The molecule has 0 aliphatic heterocycles. The van der Waals surface area contributed by atoms with Crippen LogP contribution >= 0.6 is 23.2 Å². The fraction of sp³-hybridized carbons (Fsp3) is 0.364. The van der Waals surface area contributed by atoms with Crippen LogP contribution in [0.4, 0.5) is 0 Å². The molecular weight excluding hydrogens is 267 g/mol. The lowest BCUT2D eigenvalue weighted by atomic mass is 9.97. The minimum atomic E-state index is -1.25. The molecule has 0 amide bonds. The third-order valence-electron chi connectivity index (χ3n) is 2.29. The average molecular weight is 279 g/mol. The van der Waals surface area contributed by atoms with E-state index < -0.39 is 18.2 Å². The molecule has 3 N–H and O–H groups in total. The van der Waals surface area contributed by atoms with Gasteiger partial charge >= 0.3 is 5.97 Å². The van der Waals surface area contributed by atoms with Crippen molar-refractivity contribution in [1.29, 1.82) is 0 Å². The molecule has 1 rings (SSSR count). The Morgan fingerprint density at radius 1 is 1.35 bits per heavy atom. The summed E-state index contributed by atoms with van der Waals surface area (Å²) in [5.74, 6) is -1.18. The molecule has 6 heteroatoms. The van der Waals surface area contributed by atoms with Gasteiger partial charge < -0.3 is 15.3 Å². The molecule has 0 aliphatic carbocycles. The minimum absolute atomic E-state index is 0.153. The fourth-order valence-electron chi connectivity index (χ4n) is 1.46. The van der Waals surface area contributed by atoms with E-state index in [2.05, 4.69) is 0 Å². The smallest absolute Gasteiger partial charge is 0.307 e. The highest BCUT2D eigenvalue weighted by Crippen LogP contribution is 2.25. The highest BCUT2D eigenvalue weighted by Gasteiger charge is 2.21. The van der Waals surface area contributed by atoms with Crippen LogP contribution in [0, 0.1) is 0 Å². The first kappa shape index (κ1) is 14.3. The van der Waals surface area contributed by atoms with Crippen LogP contribution in [-0.4, -0.2) is 33.3 Å². The number of hydrogen-bond acceptors (Lipinski definition) is 3. The van der Waals surface area contributed by atoms with Gasteiger partial charge in [0.05, 0.1) is 18.4 Å². The maximum atomic E-state index is 10.7. The number of aliphatic hydroxyl groups excluding tert-OH is 2. The Morgan fingerprint density at radius 3 is 2.53 bits per heavy atom. The van der Waals surface area contributed by atoms with Gasteiger partial charge in [-0.15, -0.1) is 11.6 Å². The van der Waals surface area contributed by atoms with Gasteiger partial charge in [0.15, 0.2) is 0 Å². The fourth-order valence-corrected chi connectivity index (χ4v) is 1.81. The molecule has 17 heavy (non-hydrogen) atoms. The molecule has 0 radical (unpaired) electrons. The number of carbonyl (C=O) groups is 1. The lowest BCUT2D eigenvalue weighted by Crippen LogP contribution is -2.21. The second-order valence-electron chi connectivity index (χ2n) is 3.58. The van der Waals surface area contributed by atoms with Crippen molar-refractivity contribution in [2.24, 2.45) is 0 Å². The molecule has 2 unspecified atom stereocenters. The number of aliphatic hydroxyl groups is 2. The lowest BCUT2D eigenvalue weighted by molar-refractivity contribution is -0.136. The Morgan fingerprint density at radius 2 is 2.00 bits per heavy atom. The minimum Gasteiger partial charge on any atom is -0.481 e. The van der Waals surface area contributed by atoms with E-state index in [0.29, 0.717) is 10.6 Å². The summed E-state index contributed by atoms with van der Waals surface area (Å²) in [6, 6.07) is 4.47. The van der Waals surface area contributed by atoms with Crippen molar-refractivity contribution in [3.63, 3.8) is 0 Å². The number of carboxylic acids is 1. The quantitative estimate of drug-likeness (QED) is 0.715. The van der Waals surface area contributed by atoms with E-state index in [-0.39, 0.29) is 17.9 Å². The second kappa shape index (κ2) is 6.21. The van der Waals surface area contributed by atoms with Gasteiger partial charge in [-0.2, -0.15) is 0 Å². The topological polar surface area (TPSA) is 77.8 Å². The summed E-state index contributed by atoms with van der Waals surface area (Å²) >= 11 is 11.2. The predicted octanol–water partition coefficient (Wildman–Crippen LogP) is 1.60. The van der Waals surface area contributed by atoms with E-state index >= 15 is 0 Å². The van der Waals surface area contributed by atoms with Gasteiger partial charge in [0.1, 0.15) is 6.10 Å². The van der Waals surface area contributed by atoms with Crippen molar-refractivity contribution in [1.82, 2.24) is 0 Å². The maximum Gasteiger partial charge on any atom is 0.307 e. The summed E-state index contributed by atoms with van der Waals surface area (Å²) in [7, 11) is 0. The molecule has 1 aromatic carbocycles. The number of benzene rings is 1. The standard InChI is InChI=1S/C11H12Cl2O4/c12-5-9(14)11(17)8-4-7(13)2-1-6(8)3-10(15)16/h1-2,4,9,11,14,17H,3,5H2,(H,15,16). The van der Waals surface area contributed by atoms with Gasteiger partial charge in [-0.05, 0) is 23.3 Å². The zero-order valence-electron chi connectivity index (χ0n) is 8.81. The molecule has 1 aromatic rings. The van der Waals surface area contributed by atoms with Gasteiger partial charge in [-0.1, -0.05) is 17.7 Å². The van der Waals surface area contributed by atoms with Crippen molar-refractivity contribution < 1.29 is 20.1 Å². The Bertz CT molecular complexity index is 408. The summed E-state index contributed by atoms with van der Waals surface area (Å²) in [6.07, 6.45) is -2.67. The maximum absolute atomic E-state index is 10.7. The number of alkyl halides is 1. The summed E-state index contributed by atoms with van der Waals surface area (Å²) in [4.78, 5) is 10.7. The van der Waals surface area contributed by atoms with Crippen molar-refractivity contribution in [3.8, 4) is 0 Å². The molecule has 0 aromatic heterocycles. The molecule has 2 atom stereocenters. The van der Waals surface area contributed by atoms with Crippen LogP contribution in [0.3, 0.4) is 0 Å². The first-order valence-electron chi connectivity index (χ1n) is 4.88. The molecule has 0 saturated heterocycles. The Balaban J connectivity index is 3.10. The van der Waals surface area contributed by atoms with E-state index in [1.54, 1.807) is 0 Å². The van der Waals surface area contributed by atoms with Crippen LogP contribution in [0.15, 0.2) is 18.2 Å². The van der Waals surface area contributed by atoms with Crippen LogP contribution in [0.5, 0.6) is 0 Å². The molecule has 0 bridgehead atoms. The van der Waals surface area contributed by atoms with Gasteiger partial charge in [-0.25, -0.2) is 0 Å². The van der Waals surface area contributed by atoms with E-state index in [1.807, 2.05) is 0 Å². The highest BCUT2D eigenvalue weighted by atomic mass is 35.5. The molecule has 94 valence electrons. The second-order valence-corrected chi connectivity index (χ2v) is 4.33. The number of aliphatic carboxylic acids is 1. The third kappa shape index (κ3) is 3.85. The normalized spacial score (nSPS) is 14.4. The van der Waals surface area contributed by atoms with Crippen molar-refractivity contribution in [2.75, 3.05) is 5.88 Å². The molecule has 0 fully saturated rings. The van der Waals surface area contributed by atoms with Crippen LogP contribution in [0.25, 0.3) is 0 Å². The average Bonchev–Trinajstić information content (AvgIpc) is 2.29. The van der Waals surface area contributed by atoms with Crippen molar-refractivity contribution in [2.45, 2.75) is 18.6 Å². The number of halogens is 2. The molecule has 0 spiro atoms. The number of rotatable bonds is 5. The highest BCUT2D eigenvalue weighted by molar-refractivity contribution is 6.30. The first-order chi connectivity index (χ1) is 7.95. The van der Waals surface area contributed by atoms with E-state index in [4.69, 9.17) is 28.3 Å². The van der Waals surface area contributed by atoms with Crippen LogP contribution in [-0.2, 0) is 11.2 Å². The van der Waals surface area contributed by atoms with Gasteiger partial charge in [0, 0.05) is 5.02 Å². The van der Waals surface area contributed by atoms with Crippen LogP contribution in [0.2, 0.25) is 5.02 Å². The van der Waals surface area contributed by atoms with Gasteiger partial charge in [-0.3, -0.25) is 4.79 Å². The first-order valence-corrected chi connectivity index (χ1v) is 5.79. The van der Waals surface area contributed by atoms with Crippen molar-refractivity contribution >= 4 is 29.2 Å². The molecule has 0 heterocycles. The zero-order chi connectivity index (χ0) is 13.0. The van der Waals surface area contributed by atoms with E-state index in [0.717, 1.165) is 0 Å². The van der Waals surface area contributed by atoms with E-state index in [9.17, 15) is 15.0 Å². The van der Waals surface area contributed by atoms with Crippen molar-refractivity contribution in [3.05, 3.63) is 34.3 Å². The zero-order valence-corrected chi connectivity index (χ0v) is 10.3. The number of carboxylic acid groups (broad SMARTS) is 1. The summed E-state index contributed by atoms with van der Waals surface area (Å²) < 4.78 is 0. The van der Waals surface area contributed by atoms with Gasteiger partial charge in [0.25, 0.3) is 0 Å². The van der Waals surface area contributed by atoms with Crippen LogP contribution in [0.1, 0.15) is 17.2 Å². The molecule has 0 saturated carbocycles. The molecule has 4 nitrogen and oxygen atoms in total. The van der Waals surface area contributed by atoms with Crippen LogP contribution < -0.4 is 0 Å². The number of hydrogen-bond donors (Lipinski definition) is 3. The monoisotopic (exact) mass is 278 g/mol. The summed E-state index contributed by atoms with van der Waals surface area (Å²) in [5.41, 5.74) is 0.687. The summed E-state index contributed by atoms with van der Waals surface area (Å²) in [6.45, 7) is 0. The van der Waals surface area contributed by atoms with E-state index in [1.165, 1.54) is 18.2 Å². The Hall–Kier alpha value is -0.810. The predicted molar refractivity (Wildman–Crippen MR) is 64.5 cm³/mol. The molecular formula is C11H12Cl2O4. The molecule has 0 aliphatic rings. The van der Waals surface area contributed by atoms with Gasteiger partial charge in [0.2, 0.25) is 0 Å². The Labute approximate surface area is 108 Å². The SMILES string of the molecule is O=C(O)Cc1ccc(Cl)cc1C(O)C(O)CCl. The lowest BCUT2D eigenvalue weighted by Gasteiger charge is -2.19. The Kier molecular flexibility index (Phi) is 5.21.